The summed E-state index contributed by atoms with van der Waals surface area (Å²) >= 11 is 0. The van der Waals surface area contributed by atoms with E-state index in [1.54, 1.807) is 6.07 Å². The Balaban J connectivity index is 3.06. The molecule has 0 spiro atoms. The van der Waals surface area contributed by atoms with Gasteiger partial charge in [0.2, 0.25) is 0 Å². The Labute approximate surface area is 115 Å². The minimum Gasteiger partial charge on any atom is -0.466 e. The van der Waals surface area contributed by atoms with E-state index in [9.17, 15) is 14.4 Å². The van der Waals surface area contributed by atoms with Crippen LogP contribution in [0.5, 0.6) is 11.5 Å². The van der Waals surface area contributed by atoms with Crippen LogP contribution in [0.25, 0.3) is 6.08 Å². The van der Waals surface area contributed by atoms with Crippen LogP contribution in [-0.2, 0) is 19.1 Å². The summed E-state index contributed by atoms with van der Waals surface area (Å²) in [5.74, 6) is -1.37. The van der Waals surface area contributed by atoms with Gasteiger partial charge in [-0.1, -0.05) is 6.07 Å². The van der Waals surface area contributed by atoms with Crippen LogP contribution in [0, 0.1) is 0 Å². The monoisotopic (exact) mass is 278 g/mol. The van der Waals surface area contributed by atoms with Gasteiger partial charge in [0.25, 0.3) is 0 Å². The second-order valence-corrected chi connectivity index (χ2v) is 3.75. The summed E-state index contributed by atoms with van der Waals surface area (Å²) in [4.78, 5) is 33.0. The van der Waals surface area contributed by atoms with Crippen molar-refractivity contribution in [1.82, 2.24) is 0 Å². The normalized spacial score (nSPS) is 10.2. The van der Waals surface area contributed by atoms with Gasteiger partial charge in [0, 0.05) is 19.9 Å². The Morgan fingerprint density at radius 2 is 1.60 bits per heavy atom. The summed E-state index contributed by atoms with van der Waals surface area (Å²) in [6.07, 6.45) is 2.70. The average Bonchev–Trinajstić information content (AvgIpc) is 2.37. The van der Waals surface area contributed by atoms with Gasteiger partial charge >= 0.3 is 17.9 Å². The fourth-order valence-electron chi connectivity index (χ4n) is 1.33. The smallest absolute Gasteiger partial charge is 0.330 e. The maximum absolute atomic E-state index is 11.0. The molecule has 1 aromatic carbocycles. The molecule has 0 saturated heterocycles. The largest absolute Gasteiger partial charge is 0.466 e. The zero-order valence-corrected chi connectivity index (χ0v) is 11.3. The molecule has 0 saturated carbocycles. The minimum atomic E-state index is -0.549. The molecule has 0 aliphatic carbocycles. The molecule has 0 aliphatic heterocycles. The molecule has 0 heterocycles. The summed E-state index contributed by atoms with van der Waals surface area (Å²) in [5, 5.41) is 0. The Bertz CT molecular complexity index is 559. The second-order valence-electron chi connectivity index (χ2n) is 3.75. The number of carbonyl (C=O) groups is 3. The minimum absolute atomic E-state index is 0.0970. The van der Waals surface area contributed by atoms with Crippen molar-refractivity contribution in [3.05, 3.63) is 29.8 Å². The van der Waals surface area contributed by atoms with Crippen LogP contribution in [0.1, 0.15) is 19.4 Å². The van der Waals surface area contributed by atoms with Crippen molar-refractivity contribution in [3.8, 4) is 11.5 Å². The van der Waals surface area contributed by atoms with E-state index in [4.69, 9.17) is 9.47 Å². The second kappa shape index (κ2) is 7.08. The molecule has 0 radical (unpaired) electrons. The zero-order valence-electron chi connectivity index (χ0n) is 11.3. The van der Waals surface area contributed by atoms with Crippen molar-refractivity contribution in [3.63, 3.8) is 0 Å². The maximum Gasteiger partial charge on any atom is 0.330 e. The fourth-order valence-corrected chi connectivity index (χ4v) is 1.33. The molecule has 6 heteroatoms. The Hall–Kier alpha value is -2.63. The van der Waals surface area contributed by atoms with Crippen molar-refractivity contribution in [1.29, 1.82) is 0 Å². The first-order valence-corrected chi connectivity index (χ1v) is 5.69. The molecular formula is C14H14O6. The molecule has 0 bridgehead atoms. The Morgan fingerprint density at radius 3 is 2.15 bits per heavy atom. The molecule has 6 nitrogen and oxygen atoms in total. The van der Waals surface area contributed by atoms with E-state index in [-0.39, 0.29) is 11.5 Å². The SMILES string of the molecule is COC(=O)/C=C/c1ccc(OC(C)=O)c(OC(C)=O)c1. The predicted octanol–water partition coefficient (Wildman–Crippen LogP) is 1.72. The number of carbonyl (C=O) groups excluding carboxylic acids is 3. The lowest BCUT2D eigenvalue weighted by Gasteiger charge is -2.09. The molecular weight excluding hydrogens is 264 g/mol. The predicted molar refractivity (Wildman–Crippen MR) is 70.1 cm³/mol. The molecule has 0 atom stereocenters. The van der Waals surface area contributed by atoms with Crippen molar-refractivity contribution < 1.29 is 28.6 Å². The summed E-state index contributed by atoms with van der Waals surface area (Å²) in [5.41, 5.74) is 0.586. The lowest BCUT2D eigenvalue weighted by molar-refractivity contribution is -0.135. The molecule has 0 aliphatic rings. The summed E-state index contributed by atoms with van der Waals surface area (Å²) in [6.45, 7) is 2.47. The van der Waals surface area contributed by atoms with Gasteiger partial charge < -0.3 is 14.2 Å². The molecule has 0 unspecified atom stereocenters. The fraction of sp³-hybridized carbons (Fsp3) is 0.214. The van der Waals surface area contributed by atoms with Gasteiger partial charge in [-0.2, -0.15) is 0 Å². The number of ether oxygens (including phenoxy) is 3. The van der Waals surface area contributed by atoms with Gasteiger partial charge in [0.1, 0.15) is 0 Å². The van der Waals surface area contributed by atoms with Crippen LogP contribution in [0.4, 0.5) is 0 Å². The van der Waals surface area contributed by atoms with Gasteiger partial charge in [-0.25, -0.2) is 4.79 Å². The van der Waals surface area contributed by atoms with Crippen molar-refractivity contribution >= 4 is 24.0 Å². The highest BCUT2D eigenvalue weighted by atomic mass is 16.6. The quantitative estimate of drug-likeness (QED) is 0.474. The Morgan fingerprint density at radius 1 is 1.00 bits per heavy atom. The molecule has 1 aromatic rings. The number of hydrogen-bond acceptors (Lipinski definition) is 6. The van der Waals surface area contributed by atoms with Crippen LogP contribution in [-0.4, -0.2) is 25.0 Å². The van der Waals surface area contributed by atoms with E-state index in [0.29, 0.717) is 5.56 Å². The molecule has 0 amide bonds. The molecule has 20 heavy (non-hydrogen) atoms. The van der Waals surface area contributed by atoms with E-state index in [1.807, 2.05) is 0 Å². The van der Waals surface area contributed by atoms with Crippen LogP contribution in [0.2, 0.25) is 0 Å². The number of esters is 3. The highest BCUT2D eigenvalue weighted by Crippen LogP contribution is 2.29. The Kier molecular flexibility index (Phi) is 5.46. The molecule has 106 valence electrons. The van der Waals surface area contributed by atoms with Gasteiger partial charge in [0.05, 0.1) is 7.11 Å². The number of methoxy groups -OCH3 is 1. The third-order valence-corrected chi connectivity index (χ3v) is 2.09. The molecule has 1 rings (SSSR count). The highest BCUT2D eigenvalue weighted by Gasteiger charge is 2.10. The molecule has 0 fully saturated rings. The number of hydrogen-bond donors (Lipinski definition) is 0. The van der Waals surface area contributed by atoms with Crippen molar-refractivity contribution in [2.24, 2.45) is 0 Å². The first-order valence-electron chi connectivity index (χ1n) is 5.69. The van der Waals surface area contributed by atoms with Gasteiger partial charge in [0.15, 0.2) is 11.5 Å². The van der Waals surface area contributed by atoms with Crippen LogP contribution < -0.4 is 9.47 Å². The zero-order chi connectivity index (χ0) is 15.1. The molecule has 0 aromatic heterocycles. The number of benzene rings is 1. The van der Waals surface area contributed by atoms with Crippen LogP contribution in [0.3, 0.4) is 0 Å². The standard InChI is InChI=1S/C14H14O6/c1-9(15)19-12-6-4-11(5-7-14(17)18-3)8-13(12)20-10(2)16/h4-8H,1-3H3/b7-5+. The molecule has 0 N–H and O–H groups in total. The third-order valence-electron chi connectivity index (χ3n) is 2.09. The summed E-state index contributed by atoms with van der Waals surface area (Å²) in [7, 11) is 1.26. The lowest BCUT2D eigenvalue weighted by atomic mass is 10.2. The maximum atomic E-state index is 11.0. The van der Waals surface area contributed by atoms with Gasteiger partial charge in [-0.15, -0.1) is 0 Å². The van der Waals surface area contributed by atoms with E-state index >= 15 is 0 Å². The first-order chi connectivity index (χ1) is 9.42. The van der Waals surface area contributed by atoms with E-state index in [1.165, 1.54) is 45.2 Å². The van der Waals surface area contributed by atoms with E-state index in [2.05, 4.69) is 4.74 Å². The first kappa shape index (κ1) is 15.4. The summed E-state index contributed by atoms with van der Waals surface area (Å²) < 4.78 is 14.3. The van der Waals surface area contributed by atoms with Gasteiger partial charge in [-0.3, -0.25) is 9.59 Å². The lowest BCUT2D eigenvalue weighted by Crippen LogP contribution is -2.07. The van der Waals surface area contributed by atoms with Crippen molar-refractivity contribution in [2.75, 3.05) is 7.11 Å². The van der Waals surface area contributed by atoms with E-state index in [0.717, 1.165) is 0 Å². The van der Waals surface area contributed by atoms with Gasteiger partial charge in [-0.05, 0) is 23.8 Å². The van der Waals surface area contributed by atoms with Crippen LogP contribution >= 0.6 is 0 Å². The number of rotatable bonds is 4. The third kappa shape index (κ3) is 4.93. The summed E-state index contributed by atoms with van der Waals surface area (Å²) in [6, 6.07) is 4.54. The van der Waals surface area contributed by atoms with Crippen molar-refractivity contribution in [2.45, 2.75) is 13.8 Å². The topological polar surface area (TPSA) is 78.9 Å². The van der Waals surface area contributed by atoms with Crippen LogP contribution in [0.15, 0.2) is 24.3 Å². The average molecular weight is 278 g/mol. The van der Waals surface area contributed by atoms with E-state index < -0.39 is 17.9 Å². The highest BCUT2D eigenvalue weighted by molar-refractivity contribution is 5.87.